The second kappa shape index (κ2) is 5.13. The second-order valence-electron chi connectivity index (χ2n) is 3.58. The van der Waals surface area contributed by atoms with E-state index in [9.17, 15) is 9.59 Å². The molecule has 0 saturated carbocycles. The number of ether oxygens (including phenoxy) is 2. The van der Waals surface area contributed by atoms with Gasteiger partial charge in [0.25, 0.3) is 5.56 Å². The molecule has 2 heterocycles. The second-order valence-corrected chi connectivity index (χ2v) is 4.43. The zero-order chi connectivity index (χ0) is 12.4. The van der Waals surface area contributed by atoms with E-state index in [2.05, 4.69) is 20.9 Å². The molecule has 2 atom stereocenters. The molecule has 1 aliphatic rings. The summed E-state index contributed by atoms with van der Waals surface area (Å²) in [7, 11) is 0. The van der Waals surface area contributed by atoms with Gasteiger partial charge < -0.3 is 14.6 Å². The number of halogens is 1. The molecule has 0 aliphatic carbocycles. The van der Waals surface area contributed by atoms with Crippen LogP contribution in [0.1, 0.15) is 6.23 Å². The molecule has 0 aromatic carbocycles. The molecule has 0 unspecified atom stereocenters. The minimum atomic E-state index is -0.651. The largest absolute Gasteiger partial charge is 0.394 e. The summed E-state index contributed by atoms with van der Waals surface area (Å²) in [4.78, 5) is 24.9. The molecule has 94 valence electrons. The highest BCUT2D eigenvalue weighted by Gasteiger charge is 2.24. The molecule has 2 rings (SSSR count). The van der Waals surface area contributed by atoms with Gasteiger partial charge in [-0.05, 0) is 15.9 Å². The van der Waals surface area contributed by atoms with Crippen molar-refractivity contribution in [2.24, 2.45) is 0 Å². The standard InChI is InChI=1S/C9H11BrN2O5/c10-6-1-12(9(15)11-8(6)14)7-4-16-3-5(2-13)17-7/h1,5,7,13H,2-4H2,(H,11,14,15)/t5-,7-/m1/s1. The van der Waals surface area contributed by atoms with E-state index in [4.69, 9.17) is 14.6 Å². The number of H-pyrrole nitrogens is 1. The molecule has 8 heteroatoms. The molecule has 0 amide bonds. The Kier molecular flexibility index (Phi) is 3.77. The predicted molar refractivity (Wildman–Crippen MR) is 60.8 cm³/mol. The van der Waals surface area contributed by atoms with Gasteiger partial charge in [-0.3, -0.25) is 14.3 Å². The Bertz CT molecular complexity index is 511. The fraction of sp³-hybridized carbons (Fsp3) is 0.556. The number of rotatable bonds is 2. The molecule has 1 aliphatic heterocycles. The number of hydrogen-bond acceptors (Lipinski definition) is 5. The quantitative estimate of drug-likeness (QED) is 0.746. The van der Waals surface area contributed by atoms with Gasteiger partial charge in [-0.2, -0.15) is 0 Å². The predicted octanol–water partition coefficient (Wildman–Crippen LogP) is -0.795. The van der Waals surface area contributed by atoms with Crippen molar-refractivity contribution in [2.45, 2.75) is 12.3 Å². The van der Waals surface area contributed by atoms with Crippen molar-refractivity contribution in [1.29, 1.82) is 0 Å². The van der Waals surface area contributed by atoms with E-state index < -0.39 is 23.6 Å². The first kappa shape index (κ1) is 12.5. The van der Waals surface area contributed by atoms with Gasteiger partial charge in [0.15, 0.2) is 6.23 Å². The third-order valence-electron chi connectivity index (χ3n) is 2.35. The van der Waals surface area contributed by atoms with Crippen molar-refractivity contribution >= 4 is 15.9 Å². The van der Waals surface area contributed by atoms with E-state index >= 15 is 0 Å². The highest BCUT2D eigenvalue weighted by molar-refractivity contribution is 9.10. The summed E-state index contributed by atoms with van der Waals surface area (Å²) >= 11 is 3.03. The molecular formula is C9H11BrN2O5. The summed E-state index contributed by atoms with van der Waals surface area (Å²) in [6.45, 7) is 0.289. The first-order valence-corrected chi connectivity index (χ1v) is 5.76. The third kappa shape index (κ3) is 2.65. The van der Waals surface area contributed by atoms with Gasteiger partial charge in [0.1, 0.15) is 6.10 Å². The van der Waals surface area contributed by atoms with Crippen molar-refractivity contribution in [3.8, 4) is 0 Å². The van der Waals surface area contributed by atoms with Crippen molar-refractivity contribution in [2.75, 3.05) is 19.8 Å². The van der Waals surface area contributed by atoms with E-state index in [1.54, 1.807) is 0 Å². The van der Waals surface area contributed by atoms with Gasteiger partial charge in [0.2, 0.25) is 0 Å². The molecule has 1 fully saturated rings. The van der Waals surface area contributed by atoms with E-state index in [1.165, 1.54) is 10.8 Å². The van der Waals surface area contributed by atoms with Crippen molar-refractivity contribution in [1.82, 2.24) is 9.55 Å². The number of hydrogen-bond donors (Lipinski definition) is 2. The number of aliphatic hydroxyl groups excluding tert-OH is 1. The SMILES string of the molecule is O=c1[nH]c(=O)n([C@H]2COC[C@@H](CO)O2)cc1Br. The molecule has 1 aromatic rings. The van der Waals surface area contributed by atoms with E-state index in [0.29, 0.717) is 0 Å². The van der Waals surface area contributed by atoms with Crippen molar-refractivity contribution in [3.05, 3.63) is 31.5 Å². The van der Waals surface area contributed by atoms with Crippen LogP contribution in [0.15, 0.2) is 20.3 Å². The lowest BCUT2D eigenvalue weighted by Gasteiger charge is -2.29. The molecule has 17 heavy (non-hydrogen) atoms. The van der Waals surface area contributed by atoms with Crippen LogP contribution in [-0.2, 0) is 9.47 Å². The number of nitrogens with zero attached hydrogens (tertiary/aromatic N) is 1. The number of aliphatic hydroxyl groups is 1. The van der Waals surface area contributed by atoms with Crippen LogP contribution in [0.25, 0.3) is 0 Å². The zero-order valence-corrected chi connectivity index (χ0v) is 10.3. The van der Waals surface area contributed by atoms with Crippen LogP contribution in [0.2, 0.25) is 0 Å². The lowest BCUT2D eigenvalue weighted by molar-refractivity contribution is -0.180. The number of aromatic amines is 1. The van der Waals surface area contributed by atoms with Crippen molar-refractivity contribution in [3.63, 3.8) is 0 Å². The van der Waals surface area contributed by atoms with E-state index in [-0.39, 0.29) is 24.3 Å². The minimum Gasteiger partial charge on any atom is -0.394 e. The average molecular weight is 307 g/mol. The molecule has 7 nitrogen and oxygen atoms in total. The molecule has 0 spiro atoms. The van der Waals surface area contributed by atoms with Crippen molar-refractivity contribution < 1.29 is 14.6 Å². The third-order valence-corrected chi connectivity index (χ3v) is 2.92. The maximum atomic E-state index is 11.6. The summed E-state index contributed by atoms with van der Waals surface area (Å²) in [5.41, 5.74) is -1.08. The Morgan fingerprint density at radius 3 is 3.00 bits per heavy atom. The molecule has 0 bridgehead atoms. The van der Waals surface area contributed by atoms with E-state index in [1.807, 2.05) is 0 Å². The molecular weight excluding hydrogens is 296 g/mol. The Balaban J connectivity index is 2.31. The van der Waals surface area contributed by atoms with Gasteiger partial charge >= 0.3 is 5.69 Å². The van der Waals surface area contributed by atoms with Gasteiger partial charge in [-0.15, -0.1) is 0 Å². The number of nitrogens with one attached hydrogen (secondary N) is 1. The maximum Gasteiger partial charge on any atom is 0.330 e. The van der Waals surface area contributed by atoms with Gasteiger partial charge in [0.05, 0.1) is 24.3 Å². The summed E-state index contributed by atoms with van der Waals surface area (Å²) in [5.74, 6) is 0. The van der Waals surface area contributed by atoms with Gasteiger partial charge in [-0.1, -0.05) is 0 Å². The van der Waals surface area contributed by atoms with Gasteiger partial charge in [-0.25, -0.2) is 4.79 Å². The van der Waals surface area contributed by atoms with Crippen LogP contribution >= 0.6 is 15.9 Å². The van der Waals surface area contributed by atoms with Crippen LogP contribution in [0, 0.1) is 0 Å². The highest BCUT2D eigenvalue weighted by atomic mass is 79.9. The fourth-order valence-corrected chi connectivity index (χ4v) is 1.84. The summed E-state index contributed by atoms with van der Waals surface area (Å²) < 4.78 is 12.1. The lowest BCUT2D eigenvalue weighted by atomic mass is 10.3. The molecule has 2 N–H and O–H groups in total. The monoisotopic (exact) mass is 306 g/mol. The smallest absolute Gasteiger partial charge is 0.330 e. The normalized spacial score (nSPS) is 24.8. The maximum absolute atomic E-state index is 11.6. The molecule has 1 aromatic heterocycles. The topological polar surface area (TPSA) is 93.6 Å². The molecule has 1 saturated heterocycles. The first-order chi connectivity index (χ1) is 8.11. The van der Waals surface area contributed by atoms with Gasteiger partial charge in [0, 0.05) is 6.20 Å². The van der Waals surface area contributed by atoms with Crippen LogP contribution < -0.4 is 11.2 Å². The van der Waals surface area contributed by atoms with Crippen LogP contribution in [0.5, 0.6) is 0 Å². The Hall–Kier alpha value is -0.960. The van der Waals surface area contributed by atoms with Crippen LogP contribution in [0.3, 0.4) is 0 Å². The van der Waals surface area contributed by atoms with Crippen LogP contribution in [-0.4, -0.2) is 40.6 Å². The first-order valence-electron chi connectivity index (χ1n) is 4.97. The van der Waals surface area contributed by atoms with Crippen LogP contribution in [0.4, 0.5) is 0 Å². The molecule has 0 radical (unpaired) electrons. The Morgan fingerprint density at radius 2 is 2.29 bits per heavy atom. The highest BCUT2D eigenvalue weighted by Crippen LogP contribution is 2.16. The Labute approximate surface area is 104 Å². The summed E-state index contributed by atoms with van der Waals surface area (Å²) in [6.07, 6.45) is 0.225. The zero-order valence-electron chi connectivity index (χ0n) is 8.76. The summed E-state index contributed by atoms with van der Waals surface area (Å²) in [5, 5.41) is 8.96. The number of aromatic nitrogens is 2. The van der Waals surface area contributed by atoms with E-state index in [0.717, 1.165) is 0 Å². The average Bonchev–Trinajstić information content (AvgIpc) is 2.34. The Morgan fingerprint density at radius 1 is 1.53 bits per heavy atom. The summed E-state index contributed by atoms with van der Waals surface area (Å²) in [6, 6.07) is 0. The minimum absolute atomic E-state index is 0.185. The lowest BCUT2D eigenvalue weighted by Crippen LogP contribution is -2.41. The fourth-order valence-electron chi connectivity index (χ4n) is 1.52.